The summed E-state index contributed by atoms with van der Waals surface area (Å²) in [4.78, 5) is 12.3. The highest BCUT2D eigenvalue weighted by molar-refractivity contribution is 6.32. The average molecular weight is 372 g/mol. The Kier molecular flexibility index (Phi) is 5.03. The smallest absolute Gasteiger partial charge is 0.323 e. The number of hydrogen-bond acceptors (Lipinski definition) is 2. The maximum atomic E-state index is 12.7. The van der Waals surface area contributed by atoms with Crippen molar-refractivity contribution >= 4 is 23.2 Å². The van der Waals surface area contributed by atoms with Gasteiger partial charge in [-0.1, -0.05) is 23.7 Å². The van der Waals surface area contributed by atoms with E-state index in [1.54, 1.807) is 29.1 Å². The molecule has 1 aliphatic carbocycles. The predicted octanol–water partition coefficient (Wildman–Crippen LogP) is 4.83. The largest absolute Gasteiger partial charge is 0.391 e. The zero-order valence-electron chi connectivity index (χ0n) is 13.3. The van der Waals surface area contributed by atoms with Crippen LogP contribution in [0.1, 0.15) is 25.7 Å². The fourth-order valence-electron chi connectivity index (χ4n) is 3.08. The molecule has 1 heterocycles. The molecule has 1 fully saturated rings. The number of carbonyl (C=O) groups excluding carboxylic acids is 1. The highest BCUT2D eigenvalue weighted by Gasteiger charge is 2.42. The van der Waals surface area contributed by atoms with E-state index >= 15 is 0 Å². The molecule has 3 rings (SSSR count). The van der Waals surface area contributed by atoms with Crippen LogP contribution in [0.2, 0.25) is 5.02 Å². The minimum absolute atomic E-state index is 0.000468. The van der Waals surface area contributed by atoms with E-state index in [0.29, 0.717) is 16.4 Å². The van der Waals surface area contributed by atoms with Crippen molar-refractivity contribution in [2.75, 3.05) is 5.32 Å². The highest BCUT2D eigenvalue weighted by Crippen LogP contribution is 2.39. The van der Waals surface area contributed by atoms with Crippen LogP contribution in [0, 0.1) is 11.8 Å². The van der Waals surface area contributed by atoms with E-state index in [0.717, 1.165) is 0 Å². The van der Waals surface area contributed by atoms with Gasteiger partial charge in [-0.15, -0.1) is 0 Å². The van der Waals surface area contributed by atoms with Crippen molar-refractivity contribution in [3.8, 4) is 5.69 Å². The Hall–Kier alpha value is -2.02. The van der Waals surface area contributed by atoms with Crippen molar-refractivity contribution in [2.45, 2.75) is 31.9 Å². The Morgan fingerprint density at radius 1 is 1.20 bits per heavy atom. The van der Waals surface area contributed by atoms with Crippen molar-refractivity contribution in [3.63, 3.8) is 0 Å². The van der Waals surface area contributed by atoms with E-state index < -0.39 is 18.0 Å². The molecule has 8 heteroatoms. The summed E-state index contributed by atoms with van der Waals surface area (Å²) in [5.74, 6) is -1.96. The number of nitrogens with zero attached hydrogens (tertiary/aromatic N) is 2. The molecule has 0 radical (unpaired) electrons. The summed E-state index contributed by atoms with van der Waals surface area (Å²) >= 11 is 6.11. The molecule has 1 amide bonds. The first-order valence-electron chi connectivity index (χ1n) is 8.02. The Morgan fingerprint density at radius 3 is 2.52 bits per heavy atom. The van der Waals surface area contributed by atoms with Crippen LogP contribution in [0.4, 0.5) is 18.9 Å². The summed E-state index contributed by atoms with van der Waals surface area (Å²) < 4.78 is 39.6. The lowest BCUT2D eigenvalue weighted by Crippen LogP contribution is -2.32. The standard InChI is InChI=1S/C17H17ClF3N3O/c18-14-3-1-2-4-15(14)24-10-13(9-22-24)23-16(25)11-5-7-12(8-6-11)17(19,20)21/h1-4,9-12H,5-8H2,(H,23,25). The Morgan fingerprint density at radius 2 is 1.88 bits per heavy atom. The van der Waals surface area contributed by atoms with Gasteiger partial charge in [0.25, 0.3) is 0 Å². The Labute approximate surface area is 148 Å². The lowest BCUT2D eigenvalue weighted by atomic mass is 9.81. The van der Waals surface area contributed by atoms with E-state index in [-0.39, 0.29) is 31.6 Å². The predicted molar refractivity (Wildman–Crippen MR) is 88.7 cm³/mol. The van der Waals surface area contributed by atoms with Crippen molar-refractivity contribution in [2.24, 2.45) is 11.8 Å². The topological polar surface area (TPSA) is 46.9 Å². The molecule has 0 aliphatic heterocycles. The molecule has 0 spiro atoms. The first-order chi connectivity index (χ1) is 11.8. The van der Waals surface area contributed by atoms with Gasteiger partial charge in [-0.25, -0.2) is 4.68 Å². The van der Waals surface area contributed by atoms with Crippen LogP contribution >= 0.6 is 11.6 Å². The molecule has 0 unspecified atom stereocenters. The van der Waals surface area contributed by atoms with E-state index in [2.05, 4.69) is 10.4 Å². The third kappa shape index (κ3) is 4.15. The summed E-state index contributed by atoms with van der Waals surface area (Å²) in [6, 6.07) is 7.14. The average Bonchev–Trinajstić information content (AvgIpc) is 3.03. The number of aromatic nitrogens is 2. The van der Waals surface area contributed by atoms with E-state index in [1.165, 1.54) is 6.20 Å². The van der Waals surface area contributed by atoms with Gasteiger partial charge in [0.15, 0.2) is 0 Å². The quantitative estimate of drug-likeness (QED) is 0.839. The second-order valence-electron chi connectivity index (χ2n) is 6.20. The van der Waals surface area contributed by atoms with Crippen LogP contribution in [0.5, 0.6) is 0 Å². The highest BCUT2D eigenvalue weighted by atomic mass is 35.5. The third-order valence-electron chi connectivity index (χ3n) is 4.51. The summed E-state index contributed by atoms with van der Waals surface area (Å²) in [5, 5.41) is 7.41. The Bertz CT molecular complexity index is 752. The molecule has 1 aromatic carbocycles. The number of rotatable bonds is 3. The molecule has 1 N–H and O–H groups in total. The molecular weight excluding hydrogens is 355 g/mol. The maximum absolute atomic E-state index is 12.7. The van der Waals surface area contributed by atoms with Gasteiger partial charge in [0.1, 0.15) is 0 Å². The third-order valence-corrected chi connectivity index (χ3v) is 4.83. The van der Waals surface area contributed by atoms with Gasteiger partial charge in [0.05, 0.1) is 34.7 Å². The van der Waals surface area contributed by atoms with Crippen molar-refractivity contribution in [1.29, 1.82) is 0 Å². The number of carbonyl (C=O) groups is 1. The summed E-state index contributed by atoms with van der Waals surface area (Å²) in [7, 11) is 0. The molecule has 1 aliphatic rings. The first kappa shape index (κ1) is 17.8. The summed E-state index contributed by atoms with van der Waals surface area (Å²) in [6.07, 6.45) is -0.565. The van der Waals surface area contributed by atoms with Crippen LogP contribution in [-0.2, 0) is 4.79 Å². The molecule has 134 valence electrons. The molecule has 0 atom stereocenters. The van der Waals surface area contributed by atoms with Crippen LogP contribution in [0.3, 0.4) is 0 Å². The van der Waals surface area contributed by atoms with Crippen LogP contribution in [-0.4, -0.2) is 21.9 Å². The fraction of sp³-hybridized carbons (Fsp3) is 0.412. The summed E-state index contributed by atoms with van der Waals surface area (Å²) in [6.45, 7) is 0. The minimum atomic E-state index is -4.17. The number of nitrogens with one attached hydrogen (secondary N) is 1. The summed E-state index contributed by atoms with van der Waals surface area (Å²) in [5.41, 5.74) is 1.17. The van der Waals surface area contributed by atoms with Gasteiger partial charge >= 0.3 is 6.18 Å². The molecule has 4 nitrogen and oxygen atoms in total. The van der Waals surface area contributed by atoms with Crippen molar-refractivity contribution in [1.82, 2.24) is 9.78 Å². The van der Waals surface area contributed by atoms with Crippen molar-refractivity contribution in [3.05, 3.63) is 41.7 Å². The van der Waals surface area contributed by atoms with Gasteiger partial charge in [-0.3, -0.25) is 4.79 Å². The number of anilines is 1. The molecule has 1 saturated carbocycles. The van der Waals surface area contributed by atoms with Gasteiger partial charge in [0, 0.05) is 5.92 Å². The number of para-hydroxylation sites is 1. The molecule has 2 aromatic rings. The number of benzene rings is 1. The normalized spacial score (nSPS) is 21.1. The van der Waals surface area contributed by atoms with Gasteiger partial charge in [-0.05, 0) is 37.8 Å². The minimum Gasteiger partial charge on any atom is -0.323 e. The lowest BCUT2D eigenvalue weighted by Gasteiger charge is -2.28. The second-order valence-corrected chi connectivity index (χ2v) is 6.61. The van der Waals surface area contributed by atoms with E-state index in [4.69, 9.17) is 11.6 Å². The van der Waals surface area contributed by atoms with Crippen LogP contribution < -0.4 is 5.32 Å². The lowest BCUT2D eigenvalue weighted by molar-refractivity contribution is -0.184. The van der Waals surface area contributed by atoms with Gasteiger partial charge in [0.2, 0.25) is 5.91 Å². The molecular formula is C17H17ClF3N3O. The molecule has 0 bridgehead atoms. The maximum Gasteiger partial charge on any atom is 0.391 e. The van der Waals surface area contributed by atoms with Crippen molar-refractivity contribution < 1.29 is 18.0 Å². The zero-order chi connectivity index (χ0) is 18.0. The molecule has 1 aromatic heterocycles. The molecule has 25 heavy (non-hydrogen) atoms. The number of amides is 1. The van der Waals surface area contributed by atoms with Gasteiger partial charge < -0.3 is 5.32 Å². The van der Waals surface area contributed by atoms with Gasteiger partial charge in [-0.2, -0.15) is 18.3 Å². The van der Waals surface area contributed by atoms with E-state index in [9.17, 15) is 18.0 Å². The molecule has 0 saturated heterocycles. The Balaban J connectivity index is 1.60. The number of hydrogen-bond donors (Lipinski definition) is 1. The van der Waals surface area contributed by atoms with E-state index in [1.807, 2.05) is 6.07 Å². The zero-order valence-corrected chi connectivity index (χ0v) is 14.0. The first-order valence-corrected chi connectivity index (χ1v) is 8.39. The number of halogens is 4. The second kappa shape index (κ2) is 7.07. The number of alkyl halides is 3. The SMILES string of the molecule is O=C(Nc1cnn(-c2ccccc2Cl)c1)C1CCC(C(F)(F)F)CC1. The van der Waals surface area contributed by atoms with Crippen LogP contribution in [0.15, 0.2) is 36.7 Å². The fourth-order valence-corrected chi connectivity index (χ4v) is 3.31. The monoisotopic (exact) mass is 371 g/mol. The van der Waals surface area contributed by atoms with Crippen LogP contribution in [0.25, 0.3) is 5.69 Å².